The van der Waals surface area contributed by atoms with Gasteiger partial charge in [-0.1, -0.05) is 26.8 Å². The molecule has 0 amide bonds. The lowest BCUT2D eigenvalue weighted by Crippen LogP contribution is -2.40. The van der Waals surface area contributed by atoms with Crippen molar-refractivity contribution in [3.8, 4) is 0 Å². The number of esters is 1. The summed E-state index contributed by atoms with van der Waals surface area (Å²) < 4.78 is 39.8. The minimum atomic E-state index is -2.76. The third kappa shape index (κ3) is 5.45. The number of halogens is 2. The van der Waals surface area contributed by atoms with Gasteiger partial charge in [0.15, 0.2) is 14.0 Å². The van der Waals surface area contributed by atoms with Gasteiger partial charge in [0, 0.05) is 17.8 Å². The summed E-state index contributed by atoms with van der Waals surface area (Å²) in [4.78, 5) is 18.0. The number of alkyl halides is 2. The van der Waals surface area contributed by atoms with E-state index in [0.717, 1.165) is 16.8 Å². The van der Waals surface area contributed by atoms with Crippen molar-refractivity contribution in [1.82, 2.24) is 19.6 Å². The van der Waals surface area contributed by atoms with Gasteiger partial charge in [-0.05, 0) is 74.7 Å². The minimum absolute atomic E-state index is 0.0514. The van der Waals surface area contributed by atoms with Gasteiger partial charge in [0.05, 0.1) is 24.8 Å². The predicted octanol–water partition coefficient (Wildman–Crippen LogP) is 6.53. The number of aryl methyl sites for hydroxylation is 2. The zero-order valence-corrected chi connectivity index (χ0v) is 24.4. The molecule has 0 aliphatic heterocycles. The van der Waals surface area contributed by atoms with E-state index in [4.69, 9.17) is 14.1 Å². The number of hydrogen-bond acceptors (Lipinski definition) is 6. The molecule has 0 saturated carbocycles. The highest BCUT2D eigenvalue weighted by atomic mass is 28.4. The van der Waals surface area contributed by atoms with E-state index in [2.05, 4.69) is 44.1 Å². The molecule has 0 aromatic carbocycles. The minimum Gasteiger partial charge on any atom is -0.469 e. The third-order valence-corrected chi connectivity index (χ3v) is 12.2. The van der Waals surface area contributed by atoms with Gasteiger partial charge in [-0.15, -0.1) is 10.2 Å². The molecule has 1 atom stereocenters. The van der Waals surface area contributed by atoms with Crippen molar-refractivity contribution in [1.29, 1.82) is 0 Å². The Hall–Kier alpha value is -2.72. The molecule has 1 unspecified atom stereocenters. The summed E-state index contributed by atoms with van der Waals surface area (Å²) in [5.74, 6) is -1.37. The fourth-order valence-electron chi connectivity index (χ4n) is 4.24. The highest BCUT2D eigenvalue weighted by Crippen LogP contribution is 2.43. The van der Waals surface area contributed by atoms with Crippen molar-refractivity contribution in [3.05, 3.63) is 58.3 Å². The summed E-state index contributed by atoms with van der Waals surface area (Å²) in [5.41, 5.74) is 3.12. The van der Waals surface area contributed by atoms with Crippen molar-refractivity contribution >= 4 is 19.9 Å². The van der Waals surface area contributed by atoms with Crippen molar-refractivity contribution in [3.63, 3.8) is 0 Å². The molecule has 3 aromatic rings. The number of ether oxygens (including phenoxy) is 1. The Bertz CT molecular complexity index is 1300. The number of methoxy groups -OCH3 is 1. The highest BCUT2D eigenvalue weighted by molar-refractivity contribution is 6.74. The Balaban J connectivity index is 2.16. The normalized spacial score (nSPS) is 13.9. The van der Waals surface area contributed by atoms with Crippen LogP contribution in [0.4, 0.5) is 8.78 Å². The van der Waals surface area contributed by atoms with Gasteiger partial charge in [0.25, 0.3) is 6.43 Å². The Morgan fingerprint density at radius 3 is 2.30 bits per heavy atom. The SMILES string of the molecule is COC(=O)C(C)(C)C(c1ccc(C)c(CO[Si](C)(C)C(C)(C)C)n1)c1ccn2c(C(F)F)nnc2c1C. The maximum atomic E-state index is 13.4. The van der Waals surface area contributed by atoms with E-state index in [1.54, 1.807) is 26.8 Å². The summed E-state index contributed by atoms with van der Waals surface area (Å²) in [6.07, 6.45) is -1.24. The van der Waals surface area contributed by atoms with E-state index < -0.39 is 37.9 Å². The Morgan fingerprint density at radius 2 is 1.73 bits per heavy atom. The number of hydrogen-bond donors (Lipinski definition) is 0. The third-order valence-electron chi connectivity index (χ3n) is 7.73. The van der Waals surface area contributed by atoms with Crippen molar-refractivity contribution in [2.45, 2.75) is 85.5 Å². The molecule has 0 spiro atoms. The average molecular weight is 533 g/mol. The summed E-state index contributed by atoms with van der Waals surface area (Å²) >= 11 is 0. The topological polar surface area (TPSA) is 78.6 Å². The number of fused-ring (bicyclic) bond motifs is 1. The molecule has 202 valence electrons. The first-order valence-electron chi connectivity index (χ1n) is 12.3. The van der Waals surface area contributed by atoms with E-state index in [1.165, 1.54) is 17.7 Å². The van der Waals surface area contributed by atoms with E-state index >= 15 is 0 Å². The van der Waals surface area contributed by atoms with Crippen LogP contribution < -0.4 is 0 Å². The molecular formula is C27H38F2N4O3Si. The largest absolute Gasteiger partial charge is 0.469 e. The Labute approximate surface area is 218 Å². The first-order valence-corrected chi connectivity index (χ1v) is 15.2. The van der Waals surface area contributed by atoms with E-state index in [1.807, 2.05) is 19.1 Å². The molecule has 0 aliphatic rings. The second-order valence-corrected chi connectivity index (χ2v) is 16.5. The zero-order valence-electron chi connectivity index (χ0n) is 23.4. The van der Waals surface area contributed by atoms with E-state index in [-0.39, 0.29) is 5.04 Å². The lowest BCUT2D eigenvalue weighted by molar-refractivity contribution is -0.151. The highest BCUT2D eigenvalue weighted by Gasteiger charge is 2.42. The maximum Gasteiger partial charge on any atom is 0.312 e. The number of rotatable bonds is 8. The van der Waals surface area contributed by atoms with Crippen LogP contribution in [0.3, 0.4) is 0 Å². The Kier molecular flexibility index (Phi) is 7.96. The lowest BCUT2D eigenvalue weighted by atomic mass is 9.72. The molecule has 0 saturated heterocycles. The van der Waals surface area contributed by atoms with Crippen LogP contribution in [-0.2, 0) is 20.6 Å². The van der Waals surface area contributed by atoms with Crippen LogP contribution in [0.2, 0.25) is 18.1 Å². The van der Waals surface area contributed by atoms with Crippen LogP contribution in [-0.4, -0.2) is 41.0 Å². The van der Waals surface area contributed by atoms with Crippen LogP contribution in [0.5, 0.6) is 0 Å². The van der Waals surface area contributed by atoms with E-state index in [9.17, 15) is 13.6 Å². The molecule has 0 bridgehead atoms. The number of pyridine rings is 2. The smallest absolute Gasteiger partial charge is 0.312 e. The molecule has 0 fully saturated rings. The number of nitrogens with zero attached hydrogens (tertiary/aromatic N) is 4. The van der Waals surface area contributed by atoms with Gasteiger partial charge in [-0.25, -0.2) is 8.78 Å². The first-order chi connectivity index (χ1) is 17.0. The molecule has 0 radical (unpaired) electrons. The number of carbonyl (C=O) groups excluding carboxylic acids is 1. The molecule has 3 rings (SSSR count). The van der Waals surface area contributed by atoms with Crippen LogP contribution >= 0.6 is 0 Å². The summed E-state index contributed by atoms with van der Waals surface area (Å²) in [7, 11) is -0.666. The van der Waals surface area contributed by atoms with Gasteiger partial charge in [0.2, 0.25) is 5.82 Å². The van der Waals surface area contributed by atoms with Crippen LogP contribution in [0, 0.1) is 19.3 Å². The van der Waals surface area contributed by atoms with Gasteiger partial charge in [-0.3, -0.25) is 14.2 Å². The zero-order chi connectivity index (χ0) is 27.9. The molecule has 10 heteroatoms. The number of aromatic nitrogens is 4. The summed E-state index contributed by atoms with van der Waals surface area (Å²) in [5, 5.41) is 7.74. The molecule has 37 heavy (non-hydrogen) atoms. The fraction of sp³-hybridized carbons (Fsp3) is 0.556. The quantitative estimate of drug-likeness (QED) is 0.242. The monoisotopic (exact) mass is 532 g/mol. The van der Waals surface area contributed by atoms with Gasteiger partial charge >= 0.3 is 5.97 Å². The summed E-state index contributed by atoms with van der Waals surface area (Å²) in [6, 6.07) is 5.62. The van der Waals surface area contributed by atoms with Gasteiger partial charge < -0.3 is 9.16 Å². The van der Waals surface area contributed by atoms with Crippen LogP contribution in [0.25, 0.3) is 5.65 Å². The van der Waals surface area contributed by atoms with Crippen molar-refractivity contribution in [2.75, 3.05) is 7.11 Å². The fourth-order valence-corrected chi connectivity index (χ4v) is 5.17. The van der Waals surface area contributed by atoms with Gasteiger partial charge in [0.1, 0.15) is 0 Å². The second kappa shape index (κ2) is 10.2. The van der Waals surface area contributed by atoms with Crippen LogP contribution in [0.15, 0.2) is 24.4 Å². The summed E-state index contributed by atoms with van der Waals surface area (Å²) in [6.45, 7) is 18.7. The molecule has 7 nitrogen and oxygen atoms in total. The lowest BCUT2D eigenvalue weighted by Gasteiger charge is -2.36. The standard InChI is InChI=1S/C27H38F2N4O3Si/c1-16-11-12-19(30-20(16)15-36-37(9,10)26(3,4)5)21(27(6,7)25(34)35-8)18-13-14-33-23(17(18)2)31-32-24(33)22(28)29/h11-14,21-22H,15H2,1-10H3. The molecule has 3 aromatic heterocycles. The molecule has 0 aliphatic carbocycles. The second-order valence-electron chi connectivity index (χ2n) is 11.6. The van der Waals surface area contributed by atoms with Gasteiger partial charge in [-0.2, -0.15) is 0 Å². The van der Waals surface area contributed by atoms with Crippen molar-refractivity contribution in [2.24, 2.45) is 5.41 Å². The Morgan fingerprint density at radius 1 is 1.08 bits per heavy atom. The first kappa shape index (κ1) is 28.8. The predicted molar refractivity (Wildman–Crippen MR) is 141 cm³/mol. The maximum absolute atomic E-state index is 13.4. The molecular weight excluding hydrogens is 494 g/mol. The van der Waals surface area contributed by atoms with Crippen molar-refractivity contribution < 1.29 is 22.7 Å². The average Bonchev–Trinajstić information content (AvgIpc) is 3.24. The van der Waals surface area contributed by atoms with Crippen LogP contribution in [0.1, 0.15) is 80.9 Å². The molecule has 0 N–H and O–H groups in total. The number of carbonyl (C=O) groups is 1. The van der Waals surface area contributed by atoms with E-state index in [0.29, 0.717) is 23.5 Å². The molecule has 3 heterocycles.